The first-order valence-electron chi connectivity index (χ1n) is 8.45. The summed E-state index contributed by atoms with van der Waals surface area (Å²) >= 11 is 0. The van der Waals surface area contributed by atoms with Gasteiger partial charge in [-0.1, -0.05) is 0 Å². The Labute approximate surface area is 157 Å². The molecule has 0 bridgehead atoms. The highest BCUT2D eigenvalue weighted by Gasteiger charge is 2.24. The summed E-state index contributed by atoms with van der Waals surface area (Å²) in [4.78, 5) is 37.8. The zero-order valence-electron chi connectivity index (χ0n) is 15.9. The van der Waals surface area contributed by atoms with E-state index in [1.54, 1.807) is 4.90 Å². The van der Waals surface area contributed by atoms with Crippen LogP contribution in [-0.4, -0.2) is 69.3 Å². The number of benzene rings is 1. The summed E-state index contributed by atoms with van der Waals surface area (Å²) in [5.74, 6) is -0.785. The molecule has 2 amide bonds. The van der Waals surface area contributed by atoms with E-state index in [4.69, 9.17) is 18.9 Å². The number of carbonyl (C=O) groups excluding carboxylic acids is 3. The van der Waals surface area contributed by atoms with Crippen molar-refractivity contribution in [3.8, 4) is 11.5 Å². The number of hydrogen-bond acceptors (Lipinski definition) is 7. The van der Waals surface area contributed by atoms with Crippen molar-refractivity contribution in [1.29, 1.82) is 0 Å². The average molecular weight is 380 g/mol. The molecule has 0 aliphatic carbocycles. The fraction of sp³-hybridized carbons (Fsp3) is 0.500. The van der Waals surface area contributed by atoms with Gasteiger partial charge in [0.25, 0.3) is 5.91 Å². The van der Waals surface area contributed by atoms with E-state index in [2.05, 4.69) is 5.32 Å². The van der Waals surface area contributed by atoms with Gasteiger partial charge in [0.2, 0.25) is 5.91 Å². The molecule has 148 valence electrons. The lowest BCUT2D eigenvalue weighted by Crippen LogP contribution is -2.46. The van der Waals surface area contributed by atoms with Gasteiger partial charge in [-0.2, -0.15) is 0 Å². The lowest BCUT2D eigenvalue weighted by molar-refractivity contribution is -0.141. The molecule has 1 atom stereocenters. The first-order valence-corrected chi connectivity index (χ1v) is 8.45. The van der Waals surface area contributed by atoms with Crippen molar-refractivity contribution in [2.75, 3.05) is 45.8 Å². The van der Waals surface area contributed by atoms with E-state index in [-0.39, 0.29) is 29.2 Å². The van der Waals surface area contributed by atoms with Crippen molar-refractivity contribution in [3.63, 3.8) is 0 Å². The predicted octanol–water partition coefficient (Wildman–Crippen LogP) is 1.07. The molecule has 1 aromatic rings. The Hall–Kier alpha value is -2.81. The number of rotatable bonds is 6. The molecular weight excluding hydrogens is 356 g/mol. The normalized spacial score (nSPS) is 16.4. The SMILES string of the molecule is COc1cc(NC(C)=O)c(C(=O)OCC(=O)N2CCOC(C)C2)cc1OC. The molecule has 1 heterocycles. The Morgan fingerprint density at radius 2 is 1.89 bits per heavy atom. The van der Waals surface area contributed by atoms with E-state index in [0.717, 1.165) is 0 Å². The Morgan fingerprint density at radius 3 is 2.48 bits per heavy atom. The minimum absolute atomic E-state index is 0.0596. The van der Waals surface area contributed by atoms with Crippen LogP contribution in [0.1, 0.15) is 24.2 Å². The summed E-state index contributed by atoms with van der Waals surface area (Å²) in [6, 6.07) is 2.86. The summed E-state index contributed by atoms with van der Waals surface area (Å²) in [7, 11) is 2.86. The molecule has 1 unspecified atom stereocenters. The van der Waals surface area contributed by atoms with E-state index >= 15 is 0 Å². The number of esters is 1. The van der Waals surface area contributed by atoms with Gasteiger partial charge in [-0.15, -0.1) is 0 Å². The maximum atomic E-state index is 12.5. The number of anilines is 1. The number of ether oxygens (including phenoxy) is 4. The highest BCUT2D eigenvalue weighted by atomic mass is 16.5. The fourth-order valence-corrected chi connectivity index (χ4v) is 2.68. The standard InChI is InChI=1S/C18H24N2O7/c1-11-9-20(5-6-26-11)17(22)10-27-18(23)13-7-15(24-3)16(25-4)8-14(13)19-12(2)21/h7-8,11H,5-6,9-10H2,1-4H3,(H,19,21). The lowest BCUT2D eigenvalue weighted by Gasteiger charge is -2.30. The van der Waals surface area contributed by atoms with Crippen LogP contribution in [0.15, 0.2) is 12.1 Å². The third kappa shape index (κ3) is 5.33. The largest absolute Gasteiger partial charge is 0.493 e. The topological polar surface area (TPSA) is 103 Å². The maximum Gasteiger partial charge on any atom is 0.340 e. The highest BCUT2D eigenvalue weighted by Crippen LogP contribution is 2.33. The third-order valence-electron chi connectivity index (χ3n) is 3.97. The van der Waals surface area contributed by atoms with Gasteiger partial charge < -0.3 is 29.2 Å². The number of hydrogen-bond donors (Lipinski definition) is 1. The van der Waals surface area contributed by atoms with Crippen LogP contribution in [0.3, 0.4) is 0 Å². The van der Waals surface area contributed by atoms with E-state index in [1.807, 2.05) is 6.92 Å². The zero-order valence-corrected chi connectivity index (χ0v) is 15.9. The van der Waals surface area contributed by atoms with E-state index < -0.39 is 12.6 Å². The van der Waals surface area contributed by atoms with Gasteiger partial charge in [0.05, 0.1) is 38.2 Å². The van der Waals surface area contributed by atoms with Crippen LogP contribution in [0.2, 0.25) is 0 Å². The quantitative estimate of drug-likeness (QED) is 0.736. The Balaban J connectivity index is 2.13. The fourth-order valence-electron chi connectivity index (χ4n) is 2.68. The molecule has 9 nitrogen and oxygen atoms in total. The minimum atomic E-state index is -0.755. The number of amides is 2. The second-order valence-electron chi connectivity index (χ2n) is 6.03. The summed E-state index contributed by atoms with van der Waals surface area (Å²) in [5.41, 5.74) is 0.267. The average Bonchev–Trinajstić information content (AvgIpc) is 2.64. The molecule has 1 aromatic carbocycles. The summed E-state index contributed by atoms with van der Waals surface area (Å²) in [6.07, 6.45) is -0.0596. The van der Waals surface area contributed by atoms with Crippen molar-refractivity contribution in [1.82, 2.24) is 4.90 Å². The van der Waals surface area contributed by atoms with Gasteiger partial charge in [-0.05, 0) is 6.92 Å². The van der Waals surface area contributed by atoms with Crippen LogP contribution in [0.4, 0.5) is 5.69 Å². The third-order valence-corrected chi connectivity index (χ3v) is 3.97. The Bertz CT molecular complexity index is 720. The van der Waals surface area contributed by atoms with Gasteiger partial charge in [0, 0.05) is 32.1 Å². The second kappa shape index (κ2) is 9.22. The number of nitrogens with zero attached hydrogens (tertiary/aromatic N) is 1. The summed E-state index contributed by atoms with van der Waals surface area (Å²) < 4.78 is 20.9. The van der Waals surface area contributed by atoms with Gasteiger partial charge in [0.1, 0.15) is 0 Å². The van der Waals surface area contributed by atoms with Crippen LogP contribution in [0, 0.1) is 0 Å². The molecule has 2 rings (SSSR count). The van der Waals surface area contributed by atoms with Crippen LogP contribution >= 0.6 is 0 Å². The van der Waals surface area contributed by atoms with Crippen molar-refractivity contribution in [2.24, 2.45) is 0 Å². The Kier molecular flexibility index (Phi) is 7.00. The van der Waals surface area contributed by atoms with Gasteiger partial charge in [-0.25, -0.2) is 4.79 Å². The number of carbonyl (C=O) groups is 3. The van der Waals surface area contributed by atoms with Gasteiger partial charge in [-0.3, -0.25) is 9.59 Å². The molecule has 9 heteroatoms. The molecule has 1 aliphatic rings. The van der Waals surface area contributed by atoms with E-state index in [0.29, 0.717) is 31.2 Å². The molecule has 0 spiro atoms. The molecule has 27 heavy (non-hydrogen) atoms. The highest BCUT2D eigenvalue weighted by molar-refractivity contribution is 6.02. The van der Waals surface area contributed by atoms with Crippen LogP contribution < -0.4 is 14.8 Å². The first kappa shape index (κ1) is 20.5. The second-order valence-corrected chi connectivity index (χ2v) is 6.03. The molecule has 1 aliphatic heterocycles. The number of morpholine rings is 1. The first-order chi connectivity index (χ1) is 12.8. The van der Waals surface area contributed by atoms with Crippen molar-refractivity contribution in [2.45, 2.75) is 20.0 Å². The van der Waals surface area contributed by atoms with Crippen molar-refractivity contribution in [3.05, 3.63) is 17.7 Å². The van der Waals surface area contributed by atoms with E-state index in [9.17, 15) is 14.4 Å². The smallest absolute Gasteiger partial charge is 0.340 e. The maximum absolute atomic E-state index is 12.5. The van der Waals surface area contributed by atoms with E-state index in [1.165, 1.54) is 33.3 Å². The molecule has 1 fully saturated rings. The monoisotopic (exact) mass is 380 g/mol. The molecular formula is C18H24N2O7. The number of nitrogens with one attached hydrogen (secondary N) is 1. The van der Waals surface area contributed by atoms with Gasteiger partial charge in [0.15, 0.2) is 18.1 Å². The van der Waals surface area contributed by atoms with Crippen LogP contribution in [-0.2, 0) is 19.1 Å². The summed E-state index contributed by atoms with van der Waals surface area (Å²) in [5, 5.41) is 2.55. The Morgan fingerprint density at radius 1 is 1.22 bits per heavy atom. The number of methoxy groups -OCH3 is 2. The van der Waals surface area contributed by atoms with Crippen LogP contribution in [0.25, 0.3) is 0 Å². The summed E-state index contributed by atoms with van der Waals surface area (Å²) in [6.45, 7) is 4.13. The molecule has 0 radical (unpaired) electrons. The van der Waals surface area contributed by atoms with Crippen molar-refractivity contribution >= 4 is 23.5 Å². The molecule has 0 saturated carbocycles. The zero-order chi connectivity index (χ0) is 20.0. The predicted molar refractivity (Wildman–Crippen MR) is 96.1 cm³/mol. The molecule has 1 saturated heterocycles. The molecule has 0 aromatic heterocycles. The molecule has 1 N–H and O–H groups in total. The minimum Gasteiger partial charge on any atom is -0.493 e. The van der Waals surface area contributed by atoms with Gasteiger partial charge >= 0.3 is 5.97 Å². The van der Waals surface area contributed by atoms with Crippen LogP contribution in [0.5, 0.6) is 11.5 Å². The van der Waals surface area contributed by atoms with Crippen molar-refractivity contribution < 1.29 is 33.3 Å². The lowest BCUT2D eigenvalue weighted by atomic mass is 10.1.